The number of amides is 1. The van der Waals surface area contributed by atoms with Crippen LogP contribution in [0.5, 0.6) is 5.75 Å². The van der Waals surface area contributed by atoms with Crippen LogP contribution in [-0.4, -0.2) is 37.3 Å². The molecule has 5 rings (SSSR count). The number of hydrogen-bond donors (Lipinski definition) is 1. The monoisotopic (exact) mass is 448 g/mol. The van der Waals surface area contributed by atoms with Gasteiger partial charge in [0.1, 0.15) is 11.9 Å². The quantitative estimate of drug-likeness (QED) is 0.594. The molecule has 2 saturated carbocycles. The van der Waals surface area contributed by atoms with Gasteiger partial charge in [0.25, 0.3) is 0 Å². The zero-order chi connectivity index (χ0) is 22.9. The number of nitrogens with zero attached hydrogens (tertiary/aromatic N) is 1. The van der Waals surface area contributed by atoms with Crippen molar-refractivity contribution in [3.63, 3.8) is 0 Å². The highest BCUT2D eigenvalue weighted by Gasteiger charge is 2.61. The summed E-state index contributed by atoms with van der Waals surface area (Å²) in [7, 11) is 1.62. The molecule has 3 atom stereocenters. The predicted octanol–water partition coefficient (Wildman–Crippen LogP) is 6.17. The lowest BCUT2D eigenvalue weighted by molar-refractivity contribution is -0.0658. The summed E-state index contributed by atoms with van der Waals surface area (Å²) in [5.41, 5.74) is 3.71. The largest absolute Gasteiger partial charge is 0.495 e. The van der Waals surface area contributed by atoms with Gasteiger partial charge in [0.05, 0.1) is 12.8 Å². The highest BCUT2D eigenvalue weighted by atomic mass is 16.6. The van der Waals surface area contributed by atoms with Crippen LogP contribution in [0.25, 0.3) is 0 Å². The van der Waals surface area contributed by atoms with E-state index in [0.29, 0.717) is 16.9 Å². The number of benzene rings is 2. The Bertz CT molecular complexity index is 994. The first-order valence-electron chi connectivity index (χ1n) is 12.4. The SMILES string of the molecule is COc1ccc(C)cc1NC(=O)OC1CC23CCCCC2(C1)CN(Cc1ccccc1)CC3. The summed E-state index contributed by atoms with van der Waals surface area (Å²) in [5.74, 6) is 0.653. The molecule has 176 valence electrons. The van der Waals surface area contributed by atoms with Crippen LogP contribution in [0.4, 0.5) is 10.5 Å². The molecule has 1 amide bonds. The van der Waals surface area contributed by atoms with Crippen LogP contribution >= 0.6 is 0 Å². The lowest BCUT2D eigenvalue weighted by Gasteiger charge is -2.56. The molecule has 1 aliphatic heterocycles. The Morgan fingerprint density at radius 3 is 2.61 bits per heavy atom. The maximum Gasteiger partial charge on any atom is 0.412 e. The summed E-state index contributed by atoms with van der Waals surface area (Å²) in [6.07, 6.45) is 7.95. The van der Waals surface area contributed by atoms with Crippen molar-refractivity contribution in [1.82, 2.24) is 4.90 Å². The van der Waals surface area contributed by atoms with Gasteiger partial charge in [-0.15, -0.1) is 0 Å². The van der Waals surface area contributed by atoms with Gasteiger partial charge in [-0.1, -0.05) is 49.2 Å². The first-order chi connectivity index (χ1) is 16.0. The Kier molecular flexibility index (Phi) is 6.09. The number of piperidine rings is 1. The minimum atomic E-state index is -0.367. The number of ether oxygens (including phenoxy) is 2. The van der Waals surface area contributed by atoms with Crippen molar-refractivity contribution < 1.29 is 14.3 Å². The average molecular weight is 449 g/mol. The van der Waals surface area contributed by atoms with Gasteiger partial charge in [-0.2, -0.15) is 0 Å². The van der Waals surface area contributed by atoms with E-state index in [1.165, 1.54) is 37.7 Å². The van der Waals surface area contributed by atoms with Gasteiger partial charge in [-0.05, 0) is 79.7 Å². The summed E-state index contributed by atoms with van der Waals surface area (Å²) >= 11 is 0. The number of nitrogens with one attached hydrogen (secondary N) is 1. The van der Waals surface area contributed by atoms with Gasteiger partial charge in [-0.3, -0.25) is 10.2 Å². The Hall–Kier alpha value is -2.53. The maximum atomic E-state index is 12.9. The van der Waals surface area contributed by atoms with Crippen LogP contribution in [0.15, 0.2) is 48.5 Å². The van der Waals surface area contributed by atoms with Crippen LogP contribution in [0.3, 0.4) is 0 Å². The van der Waals surface area contributed by atoms with Crippen molar-refractivity contribution in [3.8, 4) is 5.75 Å². The summed E-state index contributed by atoms with van der Waals surface area (Å²) < 4.78 is 11.5. The van der Waals surface area contributed by atoms with E-state index in [-0.39, 0.29) is 17.6 Å². The van der Waals surface area contributed by atoms with E-state index >= 15 is 0 Å². The molecule has 1 heterocycles. The molecule has 5 nitrogen and oxygen atoms in total. The molecular formula is C28H36N2O3. The highest BCUT2D eigenvalue weighted by Crippen LogP contribution is 2.65. The molecule has 3 unspecified atom stereocenters. The fourth-order valence-electron chi connectivity index (χ4n) is 6.99. The second-order valence-electron chi connectivity index (χ2n) is 10.5. The van der Waals surface area contributed by atoms with E-state index in [0.717, 1.165) is 38.0 Å². The maximum absolute atomic E-state index is 12.9. The molecule has 0 spiro atoms. The van der Waals surface area contributed by atoms with E-state index in [1.807, 2.05) is 25.1 Å². The fourth-order valence-corrected chi connectivity index (χ4v) is 6.99. The predicted molar refractivity (Wildman–Crippen MR) is 131 cm³/mol. The third-order valence-electron chi connectivity index (χ3n) is 8.47. The lowest BCUT2D eigenvalue weighted by Crippen LogP contribution is -2.54. The first-order valence-corrected chi connectivity index (χ1v) is 12.4. The van der Waals surface area contributed by atoms with E-state index in [2.05, 4.69) is 40.5 Å². The van der Waals surface area contributed by atoms with Crippen molar-refractivity contribution in [3.05, 3.63) is 59.7 Å². The zero-order valence-electron chi connectivity index (χ0n) is 19.9. The molecule has 1 saturated heterocycles. The van der Waals surface area contributed by atoms with E-state index in [1.54, 1.807) is 7.11 Å². The van der Waals surface area contributed by atoms with Crippen molar-refractivity contribution in [2.75, 3.05) is 25.5 Å². The normalized spacial score (nSPS) is 29.1. The fraction of sp³-hybridized carbons (Fsp3) is 0.536. The van der Waals surface area contributed by atoms with Crippen LogP contribution in [-0.2, 0) is 11.3 Å². The molecule has 33 heavy (non-hydrogen) atoms. The summed E-state index contributed by atoms with van der Waals surface area (Å²) in [6.45, 7) is 5.27. The molecular weight excluding hydrogens is 412 g/mol. The van der Waals surface area contributed by atoms with Gasteiger partial charge in [0.2, 0.25) is 0 Å². The smallest absolute Gasteiger partial charge is 0.412 e. The van der Waals surface area contributed by atoms with Crippen LogP contribution in [0.2, 0.25) is 0 Å². The second kappa shape index (κ2) is 9.02. The molecule has 5 heteroatoms. The van der Waals surface area contributed by atoms with Gasteiger partial charge in [-0.25, -0.2) is 4.79 Å². The van der Waals surface area contributed by atoms with Crippen molar-refractivity contribution in [2.45, 2.75) is 64.5 Å². The number of carbonyl (C=O) groups is 1. The summed E-state index contributed by atoms with van der Waals surface area (Å²) in [6, 6.07) is 16.6. The number of hydrogen-bond acceptors (Lipinski definition) is 4. The number of aryl methyl sites for hydroxylation is 1. The van der Waals surface area contributed by atoms with E-state index < -0.39 is 0 Å². The molecule has 2 aromatic rings. The molecule has 0 aromatic heterocycles. The third-order valence-corrected chi connectivity index (χ3v) is 8.47. The highest BCUT2D eigenvalue weighted by molar-refractivity contribution is 5.87. The number of carbonyl (C=O) groups excluding carboxylic acids is 1. The Morgan fingerprint density at radius 1 is 1.06 bits per heavy atom. The van der Waals surface area contributed by atoms with Crippen LogP contribution in [0, 0.1) is 17.8 Å². The standard InChI is InChI=1S/C28H36N2O3/c1-21-10-11-25(32-2)24(16-21)29-26(31)33-23-17-27-12-6-7-13-28(27,18-23)20-30(15-14-27)19-22-8-4-3-5-9-22/h3-5,8-11,16,23H,6-7,12-15,17-20H2,1-2H3,(H,29,31). The summed E-state index contributed by atoms with van der Waals surface area (Å²) in [4.78, 5) is 15.5. The summed E-state index contributed by atoms with van der Waals surface area (Å²) in [5, 5.41) is 2.93. The molecule has 1 N–H and O–H groups in total. The Balaban J connectivity index is 1.28. The Morgan fingerprint density at radius 2 is 1.82 bits per heavy atom. The topological polar surface area (TPSA) is 50.8 Å². The molecule has 2 aromatic carbocycles. The van der Waals surface area contributed by atoms with Gasteiger partial charge >= 0.3 is 6.09 Å². The van der Waals surface area contributed by atoms with E-state index in [4.69, 9.17) is 9.47 Å². The van der Waals surface area contributed by atoms with E-state index in [9.17, 15) is 4.79 Å². The lowest BCUT2D eigenvalue weighted by atomic mass is 9.54. The molecule has 3 aliphatic rings. The van der Waals surface area contributed by atoms with Crippen molar-refractivity contribution in [1.29, 1.82) is 0 Å². The minimum Gasteiger partial charge on any atom is -0.495 e. The molecule has 0 radical (unpaired) electrons. The van der Waals surface area contributed by atoms with Gasteiger partial charge in [0.15, 0.2) is 0 Å². The van der Waals surface area contributed by atoms with Gasteiger partial charge in [0, 0.05) is 13.1 Å². The molecule has 2 aliphatic carbocycles. The van der Waals surface area contributed by atoms with Crippen LogP contribution < -0.4 is 10.1 Å². The van der Waals surface area contributed by atoms with Crippen LogP contribution in [0.1, 0.15) is 56.1 Å². The first kappa shape index (κ1) is 22.3. The minimum absolute atomic E-state index is 0.0180. The molecule has 0 bridgehead atoms. The molecule has 3 fully saturated rings. The van der Waals surface area contributed by atoms with Crippen molar-refractivity contribution >= 4 is 11.8 Å². The number of likely N-dealkylation sites (tertiary alicyclic amines) is 1. The van der Waals surface area contributed by atoms with Gasteiger partial charge < -0.3 is 9.47 Å². The second-order valence-corrected chi connectivity index (χ2v) is 10.5. The number of methoxy groups -OCH3 is 1. The average Bonchev–Trinajstić information content (AvgIpc) is 3.13. The number of anilines is 1. The Labute approximate surface area is 197 Å². The van der Waals surface area contributed by atoms with Crippen molar-refractivity contribution in [2.24, 2.45) is 10.8 Å². The number of rotatable bonds is 5. The zero-order valence-corrected chi connectivity index (χ0v) is 19.9. The third kappa shape index (κ3) is 4.35.